The molecule has 2 atom stereocenters. The van der Waals surface area contributed by atoms with Gasteiger partial charge in [-0.1, -0.05) is 36.4 Å². The van der Waals surface area contributed by atoms with Crippen LogP contribution in [0.4, 0.5) is 19.0 Å². The van der Waals surface area contributed by atoms with Crippen LogP contribution in [0.25, 0.3) is 11.4 Å². The highest BCUT2D eigenvalue weighted by Gasteiger charge is 2.33. The fourth-order valence-corrected chi connectivity index (χ4v) is 4.91. The first kappa shape index (κ1) is 24.2. The average molecular weight is 497 g/mol. The number of alkyl halides is 3. The van der Waals surface area contributed by atoms with Gasteiger partial charge in [0, 0.05) is 42.7 Å². The van der Waals surface area contributed by atoms with Crippen LogP contribution in [-0.4, -0.2) is 52.6 Å². The van der Waals surface area contributed by atoms with Gasteiger partial charge in [-0.05, 0) is 32.0 Å². The van der Waals surface area contributed by atoms with Gasteiger partial charge in [0.15, 0.2) is 5.82 Å². The monoisotopic (exact) mass is 496 g/mol. The molecule has 36 heavy (non-hydrogen) atoms. The van der Waals surface area contributed by atoms with Crippen LogP contribution in [0, 0.1) is 0 Å². The molecular formula is C27H27F3N4O2. The lowest BCUT2D eigenvalue weighted by Crippen LogP contribution is -2.47. The number of carbonyl (C=O) groups is 1. The summed E-state index contributed by atoms with van der Waals surface area (Å²) in [6, 6.07) is 14.3. The molecule has 5 rings (SSSR count). The highest BCUT2D eigenvalue weighted by atomic mass is 19.4. The first-order valence-corrected chi connectivity index (χ1v) is 12.0. The number of nitrogens with zero attached hydrogens (tertiary/aromatic N) is 4. The van der Waals surface area contributed by atoms with Gasteiger partial charge in [0.1, 0.15) is 5.82 Å². The van der Waals surface area contributed by atoms with Crippen LogP contribution in [0.15, 0.2) is 54.6 Å². The molecule has 1 fully saturated rings. The van der Waals surface area contributed by atoms with Crippen LogP contribution in [0.2, 0.25) is 0 Å². The van der Waals surface area contributed by atoms with Gasteiger partial charge in [-0.15, -0.1) is 0 Å². The average Bonchev–Trinajstić information content (AvgIpc) is 2.87. The van der Waals surface area contributed by atoms with Crippen molar-refractivity contribution in [3.8, 4) is 11.4 Å². The smallest absolute Gasteiger partial charge is 0.372 e. The molecule has 2 unspecified atom stereocenters. The summed E-state index contributed by atoms with van der Waals surface area (Å²) in [5.41, 5.74) is 1.78. The van der Waals surface area contributed by atoms with E-state index in [1.54, 1.807) is 4.90 Å². The summed E-state index contributed by atoms with van der Waals surface area (Å²) in [6.45, 7) is 5.90. The Kier molecular flexibility index (Phi) is 6.42. The number of halogens is 3. The van der Waals surface area contributed by atoms with Crippen molar-refractivity contribution in [2.45, 2.75) is 45.2 Å². The predicted octanol–water partition coefficient (Wildman–Crippen LogP) is 4.97. The molecule has 3 aromatic rings. The highest BCUT2D eigenvalue weighted by Crippen LogP contribution is 2.33. The molecule has 0 bridgehead atoms. The van der Waals surface area contributed by atoms with Crippen molar-refractivity contribution in [3.63, 3.8) is 0 Å². The predicted molar refractivity (Wildman–Crippen MR) is 130 cm³/mol. The molecule has 188 valence electrons. The van der Waals surface area contributed by atoms with E-state index in [0.29, 0.717) is 31.9 Å². The Balaban J connectivity index is 1.51. The van der Waals surface area contributed by atoms with E-state index in [1.165, 1.54) is 12.1 Å². The Morgan fingerprint density at radius 3 is 2.42 bits per heavy atom. The Bertz CT molecular complexity index is 1260. The first-order valence-electron chi connectivity index (χ1n) is 12.0. The summed E-state index contributed by atoms with van der Waals surface area (Å²) in [4.78, 5) is 26.8. The first-order chi connectivity index (χ1) is 17.2. The molecule has 9 heteroatoms. The van der Waals surface area contributed by atoms with Crippen molar-refractivity contribution in [1.82, 2.24) is 14.9 Å². The van der Waals surface area contributed by atoms with Gasteiger partial charge in [-0.3, -0.25) is 4.79 Å². The Hall–Kier alpha value is -3.46. The number of anilines is 1. The van der Waals surface area contributed by atoms with Crippen LogP contribution >= 0.6 is 0 Å². The zero-order valence-corrected chi connectivity index (χ0v) is 20.1. The van der Waals surface area contributed by atoms with E-state index in [1.807, 2.05) is 44.2 Å². The van der Waals surface area contributed by atoms with Crippen molar-refractivity contribution < 1.29 is 22.7 Å². The van der Waals surface area contributed by atoms with E-state index in [0.717, 1.165) is 34.8 Å². The van der Waals surface area contributed by atoms with Crippen molar-refractivity contribution in [2.75, 3.05) is 24.5 Å². The van der Waals surface area contributed by atoms with E-state index < -0.39 is 17.6 Å². The van der Waals surface area contributed by atoms with Gasteiger partial charge in [0.25, 0.3) is 5.91 Å². The maximum Gasteiger partial charge on any atom is 0.416 e. The lowest BCUT2D eigenvalue weighted by atomic mass is 10.0. The van der Waals surface area contributed by atoms with Crippen molar-refractivity contribution in [3.05, 3.63) is 77.0 Å². The minimum atomic E-state index is -4.51. The maximum atomic E-state index is 13.3. The molecule has 1 amide bonds. The van der Waals surface area contributed by atoms with Crippen LogP contribution < -0.4 is 4.90 Å². The Morgan fingerprint density at radius 1 is 1.00 bits per heavy atom. The van der Waals surface area contributed by atoms with Crippen molar-refractivity contribution in [2.24, 2.45) is 0 Å². The Morgan fingerprint density at radius 2 is 1.72 bits per heavy atom. The van der Waals surface area contributed by atoms with Gasteiger partial charge < -0.3 is 14.5 Å². The standard InChI is InChI=1S/C27H27F3N4O2/c1-17-14-34(15-18(2)36-17)25-22-16-33(26(35)20-9-6-10-21(13-20)27(28,29)30)12-11-23(22)31-24(32-25)19-7-4-3-5-8-19/h3-10,13,17-18H,11-12,14-16H2,1-2H3. The second-order valence-electron chi connectivity index (χ2n) is 9.38. The summed E-state index contributed by atoms with van der Waals surface area (Å²) in [5, 5.41) is 0. The Labute approximate surface area is 207 Å². The lowest BCUT2D eigenvalue weighted by molar-refractivity contribution is -0.137. The van der Waals surface area contributed by atoms with E-state index in [4.69, 9.17) is 14.7 Å². The zero-order chi connectivity index (χ0) is 25.4. The number of hydrogen-bond donors (Lipinski definition) is 0. The minimum Gasteiger partial charge on any atom is -0.372 e. The molecule has 0 spiro atoms. The van der Waals surface area contributed by atoms with Crippen LogP contribution in [0.5, 0.6) is 0 Å². The number of ether oxygens (including phenoxy) is 1. The fourth-order valence-electron chi connectivity index (χ4n) is 4.91. The van der Waals surface area contributed by atoms with Crippen LogP contribution in [0.1, 0.15) is 41.0 Å². The van der Waals surface area contributed by atoms with E-state index in [-0.39, 0.29) is 24.3 Å². The number of rotatable bonds is 3. The van der Waals surface area contributed by atoms with Crippen LogP contribution in [-0.2, 0) is 23.9 Å². The molecule has 0 radical (unpaired) electrons. The number of hydrogen-bond acceptors (Lipinski definition) is 5. The molecule has 3 heterocycles. The molecule has 6 nitrogen and oxygen atoms in total. The topological polar surface area (TPSA) is 58.6 Å². The number of morpholine rings is 1. The van der Waals surface area contributed by atoms with Crippen molar-refractivity contribution >= 4 is 11.7 Å². The third kappa shape index (κ3) is 4.93. The van der Waals surface area contributed by atoms with E-state index >= 15 is 0 Å². The van der Waals surface area contributed by atoms with Crippen LogP contribution in [0.3, 0.4) is 0 Å². The fraction of sp³-hybridized carbons (Fsp3) is 0.370. The molecular weight excluding hydrogens is 469 g/mol. The summed E-state index contributed by atoms with van der Waals surface area (Å²) in [6.07, 6.45) is -4.01. The number of carbonyl (C=O) groups excluding carboxylic acids is 1. The number of fused-ring (bicyclic) bond motifs is 1. The number of amides is 1. The van der Waals surface area contributed by atoms with Crippen molar-refractivity contribution in [1.29, 1.82) is 0 Å². The summed E-state index contributed by atoms with van der Waals surface area (Å²) >= 11 is 0. The molecule has 1 aromatic heterocycles. The lowest BCUT2D eigenvalue weighted by Gasteiger charge is -2.39. The molecule has 0 N–H and O–H groups in total. The van der Waals surface area contributed by atoms with E-state index in [2.05, 4.69) is 4.90 Å². The third-order valence-electron chi connectivity index (χ3n) is 6.51. The molecule has 0 aliphatic carbocycles. The summed E-state index contributed by atoms with van der Waals surface area (Å²) in [7, 11) is 0. The normalized spacial score (nSPS) is 20.2. The largest absolute Gasteiger partial charge is 0.416 e. The van der Waals surface area contributed by atoms with Gasteiger partial charge >= 0.3 is 6.18 Å². The summed E-state index contributed by atoms with van der Waals surface area (Å²) in [5.74, 6) is 0.935. The minimum absolute atomic E-state index is 0.00553. The molecule has 2 aliphatic rings. The van der Waals surface area contributed by atoms with Gasteiger partial charge in [-0.2, -0.15) is 13.2 Å². The van der Waals surface area contributed by atoms with E-state index in [9.17, 15) is 18.0 Å². The molecule has 2 aromatic carbocycles. The SMILES string of the molecule is CC1CN(c2nc(-c3ccccc3)nc3c2CN(C(=O)c2cccc(C(F)(F)F)c2)CC3)CC(C)O1. The zero-order valence-electron chi connectivity index (χ0n) is 20.1. The summed E-state index contributed by atoms with van der Waals surface area (Å²) < 4.78 is 45.6. The maximum absolute atomic E-state index is 13.3. The number of aromatic nitrogens is 2. The van der Waals surface area contributed by atoms with Gasteiger partial charge in [0.2, 0.25) is 0 Å². The number of benzene rings is 2. The molecule has 1 saturated heterocycles. The molecule has 2 aliphatic heterocycles. The molecule has 0 saturated carbocycles. The van der Waals surface area contributed by atoms with Gasteiger partial charge in [0.05, 0.1) is 30.0 Å². The second-order valence-corrected chi connectivity index (χ2v) is 9.38. The van der Waals surface area contributed by atoms with Gasteiger partial charge in [-0.25, -0.2) is 9.97 Å². The second kappa shape index (κ2) is 9.54. The third-order valence-corrected chi connectivity index (χ3v) is 6.51. The highest BCUT2D eigenvalue weighted by molar-refractivity contribution is 5.94. The quantitative estimate of drug-likeness (QED) is 0.512.